The number of aromatic amines is 2. The highest BCUT2D eigenvalue weighted by Crippen LogP contribution is 2.56. The fourth-order valence-corrected chi connectivity index (χ4v) is 12.2. The van der Waals surface area contributed by atoms with Crippen molar-refractivity contribution in [3.63, 3.8) is 0 Å². The molecule has 4 aliphatic heterocycles. The summed E-state index contributed by atoms with van der Waals surface area (Å²) in [6, 6.07) is 9.11. The summed E-state index contributed by atoms with van der Waals surface area (Å²) in [6.45, 7) is 12.6. The number of carbonyl (C=O) groups excluding carboxylic acids is 4. The first-order valence-corrected chi connectivity index (χ1v) is 25.2. The highest BCUT2D eigenvalue weighted by Gasteiger charge is 2.56. The van der Waals surface area contributed by atoms with Crippen LogP contribution in [0.5, 0.6) is 5.75 Å². The number of likely N-dealkylation sites (tertiary alicyclic amines) is 2. The third-order valence-corrected chi connectivity index (χ3v) is 15.8. The van der Waals surface area contributed by atoms with Gasteiger partial charge < -0.3 is 49.5 Å². The molecular weight excluding hydrogens is 897 g/mol. The monoisotopic (exact) mass is 958 g/mol. The van der Waals surface area contributed by atoms with Gasteiger partial charge in [0.15, 0.2) is 0 Å². The van der Waals surface area contributed by atoms with Gasteiger partial charge in [-0.25, -0.2) is 24.5 Å². The Kier molecular flexibility index (Phi) is 12.4. The number of nitrogens with zero attached hydrogens (tertiary/aromatic N) is 6. The molecule has 2 aromatic carbocycles. The number of hydrogen-bond donors (Lipinski definition) is 4. The summed E-state index contributed by atoms with van der Waals surface area (Å²) in [5.41, 5.74) is 8.16. The van der Waals surface area contributed by atoms with Gasteiger partial charge in [-0.1, -0.05) is 40.7 Å². The fourth-order valence-electron chi connectivity index (χ4n) is 11.1. The standard InChI is InChI=1S/C51H62N10O7S/c1-9-11-41-52-24-40(69-41)49-61-34-14-13-28(32-22-54-46(55-32)38-20-31-18-36(31)60(38)48(63)44(26(4)5)58-51(65)67-8)17-30(34)19-37(61)42-27(6)16-29(21-39(42)68-49)33-23-53-45(56-33)35-12-10-15-59(35)47(62)43(25(2)3)57-50(64)66-7/h13-14,16-17,21-26,31,35-38,43-44,49H,9-12,15,18-20H2,1-8H3,(H,53,56)(H,54,55)(H,57,64)(H,58,65)/t31-,35+,36-,37?,38+,43+,44+,49?/m1/s1. The van der Waals surface area contributed by atoms with Crippen molar-refractivity contribution in [1.29, 1.82) is 0 Å². The Morgan fingerprint density at radius 3 is 2.20 bits per heavy atom. The van der Waals surface area contributed by atoms with Crippen LogP contribution in [0.2, 0.25) is 0 Å². The van der Waals surface area contributed by atoms with Crippen LogP contribution in [0.3, 0.4) is 0 Å². The van der Waals surface area contributed by atoms with Crippen LogP contribution in [0.15, 0.2) is 48.9 Å². The van der Waals surface area contributed by atoms with Gasteiger partial charge in [0, 0.05) is 35.6 Å². The average molecular weight is 959 g/mol. The minimum absolute atomic E-state index is 0.00715. The van der Waals surface area contributed by atoms with Crippen molar-refractivity contribution in [1.82, 2.24) is 45.4 Å². The molecule has 1 saturated carbocycles. The molecule has 5 aromatic rings. The van der Waals surface area contributed by atoms with Crippen LogP contribution in [-0.2, 0) is 31.9 Å². The van der Waals surface area contributed by atoms with E-state index in [0.717, 1.165) is 106 Å². The number of methoxy groups -OCH3 is 2. The second kappa shape index (κ2) is 18.5. The van der Waals surface area contributed by atoms with Crippen LogP contribution >= 0.6 is 11.3 Å². The maximum absolute atomic E-state index is 14.1. The number of benzene rings is 2. The molecule has 1 aliphatic carbocycles. The van der Waals surface area contributed by atoms with E-state index in [1.54, 1.807) is 11.3 Å². The number of amides is 4. The molecule has 69 heavy (non-hydrogen) atoms. The zero-order valence-corrected chi connectivity index (χ0v) is 41.3. The van der Waals surface area contributed by atoms with Crippen LogP contribution in [0.4, 0.5) is 15.3 Å². The molecule has 7 heterocycles. The van der Waals surface area contributed by atoms with E-state index in [0.29, 0.717) is 18.3 Å². The SMILES string of the molecule is CCCc1ncc(C2Oc3cc(-c4cnc([C@@H]5CCCN5C(=O)[C@@H](NC(=O)OC)C(C)C)[nH]4)cc(C)c3C3Cc4cc(-c5cnc([C@@H]6C[C@H]7C[C@H]7N6C(=O)[C@@H](NC(=O)OC)C(C)C)[nH]5)ccc4N32)s1. The van der Waals surface area contributed by atoms with Crippen LogP contribution in [0, 0.1) is 24.7 Å². The number of aryl methyl sites for hydroxylation is 2. The fraction of sp³-hybridized carbons (Fsp3) is 0.510. The first-order valence-electron chi connectivity index (χ1n) is 24.4. The molecule has 0 radical (unpaired) electrons. The lowest BCUT2D eigenvalue weighted by Crippen LogP contribution is -2.52. The van der Waals surface area contributed by atoms with E-state index in [1.165, 1.54) is 19.8 Å². The number of piperidine rings is 1. The summed E-state index contributed by atoms with van der Waals surface area (Å²) >= 11 is 1.70. The second-order valence-corrected chi connectivity index (χ2v) is 21.0. The Morgan fingerprint density at radius 1 is 0.841 bits per heavy atom. The molecule has 2 unspecified atom stereocenters. The molecule has 4 amide bonds. The number of ether oxygens (including phenoxy) is 3. The number of thiazole rings is 1. The number of carbonyl (C=O) groups is 4. The zero-order chi connectivity index (χ0) is 48.4. The van der Waals surface area contributed by atoms with Crippen LogP contribution < -0.4 is 20.3 Å². The predicted molar refractivity (Wildman–Crippen MR) is 259 cm³/mol. The molecule has 2 saturated heterocycles. The van der Waals surface area contributed by atoms with Crippen molar-refractivity contribution >= 4 is 41.0 Å². The normalized spacial score (nSPS) is 23.0. The average Bonchev–Trinajstić information content (AvgIpc) is 4.10. The van der Waals surface area contributed by atoms with Crippen molar-refractivity contribution < 1.29 is 33.4 Å². The molecule has 3 aromatic heterocycles. The number of fused-ring (bicyclic) bond motifs is 6. The molecule has 10 rings (SSSR count). The van der Waals surface area contributed by atoms with Gasteiger partial charge in [0.2, 0.25) is 18.0 Å². The minimum Gasteiger partial charge on any atom is -0.465 e. The number of nitrogens with one attached hydrogen (secondary N) is 4. The first kappa shape index (κ1) is 46.3. The maximum atomic E-state index is 14.1. The van der Waals surface area contributed by atoms with E-state index in [4.69, 9.17) is 29.2 Å². The van der Waals surface area contributed by atoms with Gasteiger partial charge in [-0.15, -0.1) is 11.3 Å². The molecule has 0 spiro atoms. The Balaban J connectivity index is 0.932. The lowest BCUT2D eigenvalue weighted by molar-refractivity contribution is -0.137. The number of anilines is 1. The third kappa shape index (κ3) is 8.47. The number of rotatable bonds is 13. The summed E-state index contributed by atoms with van der Waals surface area (Å²) < 4.78 is 16.8. The molecular formula is C51H62N10O7S. The van der Waals surface area contributed by atoms with Gasteiger partial charge in [0.25, 0.3) is 0 Å². The van der Waals surface area contributed by atoms with Crippen molar-refractivity contribution in [2.24, 2.45) is 17.8 Å². The van der Waals surface area contributed by atoms with Crippen molar-refractivity contribution in [2.75, 3.05) is 25.7 Å². The Morgan fingerprint density at radius 2 is 1.52 bits per heavy atom. The van der Waals surface area contributed by atoms with Crippen LogP contribution in [0.25, 0.3) is 22.5 Å². The Bertz CT molecular complexity index is 2780. The molecule has 8 atom stereocenters. The molecule has 0 bridgehead atoms. The maximum Gasteiger partial charge on any atom is 0.407 e. The first-order chi connectivity index (χ1) is 33.3. The number of imidazole rings is 2. The topological polar surface area (TPSA) is 200 Å². The summed E-state index contributed by atoms with van der Waals surface area (Å²) in [7, 11) is 2.60. The smallest absolute Gasteiger partial charge is 0.407 e. The lowest BCUT2D eigenvalue weighted by atomic mass is 9.92. The predicted octanol–water partition coefficient (Wildman–Crippen LogP) is 8.47. The van der Waals surface area contributed by atoms with Crippen LogP contribution in [0.1, 0.15) is 129 Å². The zero-order valence-electron chi connectivity index (χ0n) is 40.5. The van der Waals surface area contributed by atoms with Gasteiger partial charge in [0.1, 0.15) is 29.5 Å². The molecule has 364 valence electrons. The highest BCUT2D eigenvalue weighted by atomic mass is 32.1. The highest BCUT2D eigenvalue weighted by molar-refractivity contribution is 7.11. The number of alkyl carbamates (subject to hydrolysis) is 2. The summed E-state index contributed by atoms with van der Waals surface area (Å²) in [4.78, 5) is 81.3. The van der Waals surface area contributed by atoms with Crippen molar-refractivity contribution in [3.8, 4) is 28.3 Å². The number of aromatic nitrogens is 5. The van der Waals surface area contributed by atoms with Crippen LogP contribution in [-0.4, -0.2) is 97.6 Å². The Labute approximate surface area is 406 Å². The number of H-pyrrole nitrogens is 2. The number of hydrogen-bond acceptors (Lipinski definition) is 12. The lowest BCUT2D eigenvalue weighted by Gasteiger charge is -2.41. The quantitative estimate of drug-likeness (QED) is 0.0883. The second-order valence-electron chi connectivity index (χ2n) is 19.9. The van der Waals surface area contributed by atoms with Gasteiger partial charge in [0.05, 0.1) is 66.0 Å². The van der Waals surface area contributed by atoms with Gasteiger partial charge in [-0.2, -0.15) is 0 Å². The van der Waals surface area contributed by atoms with E-state index >= 15 is 0 Å². The molecule has 17 nitrogen and oxygen atoms in total. The van der Waals surface area contributed by atoms with Crippen molar-refractivity contribution in [3.05, 3.63) is 87.1 Å². The summed E-state index contributed by atoms with van der Waals surface area (Å²) in [5.74, 6) is 2.17. The minimum atomic E-state index is -0.719. The molecule has 18 heteroatoms. The summed E-state index contributed by atoms with van der Waals surface area (Å²) in [5, 5.41) is 6.58. The van der Waals surface area contributed by atoms with Gasteiger partial charge in [-0.05, 0) is 111 Å². The Hall–Kier alpha value is -6.43. The molecule has 5 aliphatic rings. The van der Waals surface area contributed by atoms with E-state index in [-0.39, 0.29) is 47.8 Å². The summed E-state index contributed by atoms with van der Waals surface area (Å²) in [6.07, 6.45) is 10.0. The van der Waals surface area contributed by atoms with Gasteiger partial charge in [-0.3, -0.25) is 9.59 Å². The molecule has 3 fully saturated rings. The van der Waals surface area contributed by atoms with Gasteiger partial charge >= 0.3 is 12.2 Å². The largest absolute Gasteiger partial charge is 0.465 e. The third-order valence-electron chi connectivity index (χ3n) is 14.7. The van der Waals surface area contributed by atoms with E-state index < -0.39 is 30.5 Å². The van der Waals surface area contributed by atoms with Crippen molar-refractivity contribution in [2.45, 2.75) is 129 Å². The van der Waals surface area contributed by atoms with E-state index in [1.807, 2.05) is 56.1 Å². The molecule has 4 N–H and O–H groups in total. The van der Waals surface area contributed by atoms with E-state index in [2.05, 4.69) is 69.7 Å². The van der Waals surface area contributed by atoms with E-state index in [9.17, 15) is 19.2 Å².